The van der Waals surface area contributed by atoms with Crippen LogP contribution in [-0.4, -0.2) is 67.4 Å². The van der Waals surface area contributed by atoms with E-state index in [1.807, 2.05) is 16.7 Å². The second kappa shape index (κ2) is 9.69. The van der Waals surface area contributed by atoms with Gasteiger partial charge in [0.05, 0.1) is 0 Å². The highest BCUT2D eigenvalue weighted by Crippen LogP contribution is 2.29. The molecule has 0 unspecified atom stereocenters. The standard InChI is InChI=1S/C21H30F3N3O2/c1-17-16-26(13-6-12-25-10-3-2-4-11-25)20(28)9-14-27(17)18-7-5-8-19(15-18)29-21(22,23)24/h5,7-8,15,17H,2-4,6,9-14,16H2,1H3/t17-/m1/s1. The molecule has 8 heteroatoms. The van der Waals surface area contributed by atoms with Gasteiger partial charge in [-0.05, 0) is 58.0 Å². The molecule has 0 bridgehead atoms. The summed E-state index contributed by atoms with van der Waals surface area (Å²) in [7, 11) is 0. The first kappa shape index (κ1) is 21.7. The molecule has 0 aliphatic carbocycles. The van der Waals surface area contributed by atoms with Crippen LogP contribution >= 0.6 is 0 Å². The molecule has 0 aromatic heterocycles. The smallest absolute Gasteiger partial charge is 0.406 e. The lowest BCUT2D eigenvalue weighted by Crippen LogP contribution is -2.41. The summed E-state index contributed by atoms with van der Waals surface area (Å²) in [6.45, 7) is 7.10. The number of rotatable bonds is 6. The Hall–Kier alpha value is -1.96. The van der Waals surface area contributed by atoms with Gasteiger partial charge in [0.2, 0.25) is 5.91 Å². The van der Waals surface area contributed by atoms with Crippen molar-refractivity contribution in [3.8, 4) is 5.75 Å². The molecule has 2 aliphatic heterocycles. The number of alkyl halides is 3. The van der Waals surface area contributed by atoms with Gasteiger partial charge in [0.15, 0.2) is 0 Å². The number of nitrogens with zero attached hydrogens (tertiary/aromatic N) is 3. The molecule has 2 aliphatic rings. The second-order valence-electron chi connectivity index (χ2n) is 7.93. The first-order chi connectivity index (χ1) is 13.8. The lowest BCUT2D eigenvalue weighted by atomic mass is 10.1. The van der Waals surface area contributed by atoms with Gasteiger partial charge in [-0.1, -0.05) is 12.5 Å². The maximum atomic E-state index is 12.6. The highest BCUT2D eigenvalue weighted by molar-refractivity contribution is 5.77. The van der Waals surface area contributed by atoms with Crippen molar-refractivity contribution in [1.29, 1.82) is 0 Å². The number of ether oxygens (including phenoxy) is 1. The topological polar surface area (TPSA) is 36.0 Å². The number of piperidine rings is 1. The monoisotopic (exact) mass is 413 g/mol. The van der Waals surface area contributed by atoms with Crippen molar-refractivity contribution < 1.29 is 22.7 Å². The summed E-state index contributed by atoms with van der Waals surface area (Å²) >= 11 is 0. The molecule has 2 fully saturated rings. The van der Waals surface area contributed by atoms with Crippen molar-refractivity contribution in [2.75, 3.05) is 44.2 Å². The molecule has 1 amide bonds. The average Bonchev–Trinajstić information content (AvgIpc) is 2.80. The Kier molecular flexibility index (Phi) is 7.27. The number of hydrogen-bond donors (Lipinski definition) is 0. The maximum Gasteiger partial charge on any atom is 0.573 e. The lowest BCUT2D eigenvalue weighted by Gasteiger charge is -2.31. The molecule has 2 heterocycles. The molecular weight excluding hydrogens is 383 g/mol. The summed E-state index contributed by atoms with van der Waals surface area (Å²) in [5.41, 5.74) is 0.641. The zero-order valence-corrected chi connectivity index (χ0v) is 17.0. The largest absolute Gasteiger partial charge is 0.573 e. The molecule has 29 heavy (non-hydrogen) atoms. The lowest BCUT2D eigenvalue weighted by molar-refractivity contribution is -0.274. The molecule has 1 aromatic rings. The number of carbonyl (C=O) groups is 1. The van der Waals surface area contributed by atoms with E-state index in [2.05, 4.69) is 9.64 Å². The molecule has 2 saturated heterocycles. The molecule has 3 rings (SSSR count). The predicted molar refractivity (Wildman–Crippen MR) is 106 cm³/mol. The molecule has 0 spiro atoms. The second-order valence-corrected chi connectivity index (χ2v) is 7.93. The molecule has 0 N–H and O–H groups in total. The highest BCUT2D eigenvalue weighted by Gasteiger charge is 2.32. The Balaban J connectivity index is 1.58. The summed E-state index contributed by atoms with van der Waals surface area (Å²) in [4.78, 5) is 19.0. The van der Waals surface area contributed by atoms with Crippen LogP contribution in [0.15, 0.2) is 24.3 Å². The normalized spacial score (nSPS) is 21.9. The van der Waals surface area contributed by atoms with Gasteiger partial charge in [0.1, 0.15) is 5.75 Å². The van der Waals surface area contributed by atoms with Crippen molar-refractivity contribution in [3.05, 3.63) is 24.3 Å². The van der Waals surface area contributed by atoms with Gasteiger partial charge >= 0.3 is 6.36 Å². The number of carbonyl (C=O) groups excluding carboxylic acids is 1. The zero-order valence-electron chi connectivity index (χ0n) is 17.0. The van der Waals surface area contributed by atoms with E-state index < -0.39 is 6.36 Å². The van der Waals surface area contributed by atoms with Gasteiger partial charge < -0.3 is 19.4 Å². The first-order valence-corrected chi connectivity index (χ1v) is 10.4. The van der Waals surface area contributed by atoms with E-state index in [9.17, 15) is 18.0 Å². The minimum absolute atomic E-state index is 0.0116. The Morgan fingerprint density at radius 2 is 1.86 bits per heavy atom. The van der Waals surface area contributed by atoms with Crippen molar-refractivity contribution in [3.63, 3.8) is 0 Å². The van der Waals surface area contributed by atoms with Crippen molar-refractivity contribution in [1.82, 2.24) is 9.80 Å². The molecule has 5 nitrogen and oxygen atoms in total. The number of benzene rings is 1. The zero-order chi connectivity index (χ0) is 20.9. The van der Waals surface area contributed by atoms with E-state index in [1.165, 1.54) is 31.4 Å². The molecule has 1 atom stereocenters. The van der Waals surface area contributed by atoms with Crippen LogP contribution in [0.4, 0.5) is 18.9 Å². The van der Waals surface area contributed by atoms with Crippen LogP contribution in [-0.2, 0) is 4.79 Å². The third-order valence-corrected chi connectivity index (χ3v) is 5.67. The van der Waals surface area contributed by atoms with Crippen LogP contribution in [0.5, 0.6) is 5.75 Å². The van der Waals surface area contributed by atoms with E-state index in [-0.39, 0.29) is 17.7 Å². The molecule has 0 saturated carbocycles. The number of amides is 1. The third-order valence-electron chi connectivity index (χ3n) is 5.67. The minimum Gasteiger partial charge on any atom is -0.406 e. The van der Waals surface area contributed by atoms with E-state index in [4.69, 9.17) is 0 Å². The summed E-state index contributed by atoms with van der Waals surface area (Å²) in [5.74, 6) is -0.128. The fourth-order valence-corrected chi connectivity index (χ4v) is 4.24. The quantitative estimate of drug-likeness (QED) is 0.709. The summed E-state index contributed by atoms with van der Waals surface area (Å²) < 4.78 is 41.6. The van der Waals surface area contributed by atoms with Gasteiger partial charge in [-0.2, -0.15) is 0 Å². The Labute approximate surface area is 170 Å². The van der Waals surface area contributed by atoms with E-state index in [1.54, 1.807) is 12.1 Å². The maximum absolute atomic E-state index is 12.6. The third kappa shape index (κ3) is 6.52. The average molecular weight is 413 g/mol. The molecule has 162 valence electrons. The Morgan fingerprint density at radius 3 is 2.59 bits per heavy atom. The van der Waals surface area contributed by atoms with Gasteiger partial charge in [-0.25, -0.2) is 0 Å². The summed E-state index contributed by atoms with van der Waals surface area (Å²) in [6, 6.07) is 6.00. The number of hydrogen-bond acceptors (Lipinski definition) is 4. The SMILES string of the molecule is C[C@@H]1CN(CCCN2CCCCC2)C(=O)CCN1c1cccc(OC(F)(F)F)c1. The van der Waals surface area contributed by atoms with Crippen molar-refractivity contribution in [2.24, 2.45) is 0 Å². The van der Waals surface area contributed by atoms with Crippen LogP contribution in [0.25, 0.3) is 0 Å². The number of anilines is 1. The van der Waals surface area contributed by atoms with Crippen LogP contribution < -0.4 is 9.64 Å². The predicted octanol–water partition coefficient (Wildman–Crippen LogP) is 3.89. The Bertz CT molecular complexity index is 677. The fourth-order valence-electron chi connectivity index (χ4n) is 4.24. The van der Waals surface area contributed by atoms with E-state index in [0.29, 0.717) is 25.2 Å². The van der Waals surface area contributed by atoms with Gasteiger partial charge in [0, 0.05) is 43.9 Å². The van der Waals surface area contributed by atoms with Gasteiger partial charge in [0.25, 0.3) is 0 Å². The van der Waals surface area contributed by atoms with Gasteiger partial charge in [-0.15, -0.1) is 13.2 Å². The summed E-state index contributed by atoms with van der Waals surface area (Å²) in [5, 5.41) is 0. The molecular formula is C21H30F3N3O2. The molecule has 1 aromatic carbocycles. The van der Waals surface area contributed by atoms with Crippen LogP contribution in [0.3, 0.4) is 0 Å². The van der Waals surface area contributed by atoms with E-state index in [0.717, 1.165) is 32.6 Å². The number of likely N-dealkylation sites (tertiary alicyclic amines) is 1. The fraction of sp³-hybridized carbons (Fsp3) is 0.667. The highest BCUT2D eigenvalue weighted by atomic mass is 19.4. The molecule has 0 radical (unpaired) electrons. The van der Waals surface area contributed by atoms with Gasteiger partial charge in [-0.3, -0.25) is 4.79 Å². The minimum atomic E-state index is -4.72. The Morgan fingerprint density at radius 1 is 1.10 bits per heavy atom. The van der Waals surface area contributed by atoms with E-state index >= 15 is 0 Å². The van der Waals surface area contributed by atoms with Crippen LogP contribution in [0.1, 0.15) is 39.0 Å². The summed E-state index contributed by atoms with van der Waals surface area (Å²) in [6.07, 6.45) is 0.414. The van der Waals surface area contributed by atoms with Crippen molar-refractivity contribution >= 4 is 11.6 Å². The van der Waals surface area contributed by atoms with Crippen LogP contribution in [0, 0.1) is 0 Å². The number of halogens is 3. The van der Waals surface area contributed by atoms with Crippen molar-refractivity contribution in [2.45, 2.75) is 51.4 Å². The first-order valence-electron chi connectivity index (χ1n) is 10.4. The van der Waals surface area contributed by atoms with Crippen LogP contribution in [0.2, 0.25) is 0 Å².